The minimum Gasteiger partial charge on any atom is -0.462 e. The highest BCUT2D eigenvalue weighted by molar-refractivity contribution is 7.52. The van der Waals surface area contributed by atoms with Crippen molar-refractivity contribution in [3.05, 3.63) is 63.4 Å². The van der Waals surface area contributed by atoms with E-state index in [-0.39, 0.29) is 5.75 Å². The molecule has 0 amide bonds. The smallest absolute Gasteiger partial charge is 0.459 e. The fourth-order valence-electron chi connectivity index (χ4n) is 3.47. The molecule has 1 aromatic carbocycles. The van der Waals surface area contributed by atoms with Gasteiger partial charge in [-0.15, -0.1) is 0 Å². The highest BCUT2D eigenvalue weighted by atomic mass is 31.2. The number of carbonyl (C=O) groups excluding carboxylic acids is 1. The van der Waals surface area contributed by atoms with Gasteiger partial charge in [0.05, 0.1) is 12.7 Å². The molecule has 0 saturated carbocycles. The number of aromatic nitrogens is 2. The zero-order valence-corrected chi connectivity index (χ0v) is 21.0. The normalized spacial score (nSPS) is 26.4. The fraction of sp³-hybridized carbons (Fsp3) is 0.500. The van der Waals surface area contributed by atoms with Crippen molar-refractivity contribution in [1.29, 1.82) is 0 Å². The highest BCUT2D eigenvalue weighted by Gasteiger charge is 2.55. The van der Waals surface area contributed by atoms with Gasteiger partial charge in [0, 0.05) is 12.3 Å². The molecule has 14 heteroatoms. The van der Waals surface area contributed by atoms with Crippen LogP contribution in [-0.4, -0.2) is 57.3 Å². The van der Waals surface area contributed by atoms with E-state index >= 15 is 4.39 Å². The van der Waals surface area contributed by atoms with Crippen molar-refractivity contribution >= 4 is 13.7 Å². The van der Waals surface area contributed by atoms with Gasteiger partial charge in [-0.1, -0.05) is 18.2 Å². The molecule has 12 nitrogen and oxygen atoms in total. The molecule has 1 aromatic heterocycles. The molecule has 0 spiro atoms. The molecule has 36 heavy (non-hydrogen) atoms. The number of rotatable bonds is 10. The van der Waals surface area contributed by atoms with Crippen LogP contribution >= 0.6 is 7.75 Å². The van der Waals surface area contributed by atoms with Crippen molar-refractivity contribution in [2.45, 2.75) is 63.9 Å². The van der Waals surface area contributed by atoms with E-state index in [0.717, 1.165) is 23.8 Å². The van der Waals surface area contributed by atoms with Gasteiger partial charge < -0.3 is 19.1 Å². The third-order valence-corrected chi connectivity index (χ3v) is 6.90. The first kappa shape index (κ1) is 27.8. The zero-order valence-electron chi connectivity index (χ0n) is 20.1. The van der Waals surface area contributed by atoms with Crippen molar-refractivity contribution in [2.75, 3.05) is 6.61 Å². The van der Waals surface area contributed by atoms with E-state index in [1.165, 1.54) is 19.1 Å². The van der Waals surface area contributed by atoms with Crippen LogP contribution in [0.1, 0.15) is 33.9 Å². The van der Waals surface area contributed by atoms with Gasteiger partial charge in [-0.3, -0.25) is 23.7 Å². The Hall–Kier alpha value is -2.83. The minimum atomic E-state index is -4.30. The van der Waals surface area contributed by atoms with Crippen LogP contribution in [0.4, 0.5) is 4.39 Å². The fourth-order valence-corrected chi connectivity index (χ4v) is 4.97. The Morgan fingerprint density at radius 1 is 1.28 bits per heavy atom. The average Bonchev–Trinajstić information content (AvgIpc) is 3.01. The number of H-pyrrole nitrogens is 1. The van der Waals surface area contributed by atoms with Crippen LogP contribution in [0, 0.1) is 0 Å². The molecule has 0 bridgehead atoms. The number of aliphatic hydroxyl groups excluding tert-OH is 1. The quantitative estimate of drug-likeness (QED) is 0.305. The first-order valence-corrected chi connectivity index (χ1v) is 12.7. The van der Waals surface area contributed by atoms with Gasteiger partial charge in [-0.25, -0.2) is 13.8 Å². The number of nitrogens with zero attached hydrogens (tertiary/aromatic N) is 1. The Morgan fingerprint density at radius 3 is 2.56 bits per heavy atom. The number of carbonyl (C=O) groups is 1. The summed E-state index contributed by atoms with van der Waals surface area (Å²) in [5, 5.41) is 13.0. The Kier molecular flexibility index (Phi) is 8.52. The van der Waals surface area contributed by atoms with E-state index in [1.54, 1.807) is 32.0 Å². The molecule has 1 fully saturated rings. The van der Waals surface area contributed by atoms with Crippen molar-refractivity contribution in [3.8, 4) is 5.75 Å². The van der Waals surface area contributed by atoms with Crippen LogP contribution in [-0.2, 0) is 23.4 Å². The number of hydrogen-bond donors (Lipinski definition) is 3. The number of benzene rings is 1. The van der Waals surface area contributed by atoms with Crippen LogP contribution in [0.2, 0.25) is 0 Å². The summed E-state index contributed by atoms with van der Waals surface area (Å²) in [4.78, 5) is 37.7. The molecular formula is C22H29FN3O9P. The number of alkyl halides is 1. The first-order chi connectivity index (χ1) is 16.8. The average molecular weight is 529 g/mol. The molecule has 1 aliphatic rings. The second-order valence-corrected chi connectivity index (χ2v) is 10.4. The maximum atomic E-state index is 15.4. The maximum Gasteiger partial charge on any atom is 0.459 e. The summed E-state index contributed by atoms with van der Waals surface area (Å²) in [5.41, 5.74) is -4.12. The lowest BCUT2D eigenvalue weighted by Crippen LogP contribution is -2.43. The van der Waals surface area contributed by atoms with E-state index in [1.807, 2.05) is 4.98 Å². The predicted octanol–water partition coefficient (Wildman–Crippen LogP) is 1.66. The van der Waals surface area contributed by atoms with E-state index < -0.39 is 67.8 Å². The molecule has 0 unspecified atom stereocenters. The van der Waals surface area contributed by atoms with E-state index in [9.17, 15) is 24.1 Å². The van der Waals surface area contributed by atoms with E-state index in [0.29, 0.717) is 0 Å². The molecular weight excluding hydrogens is 500 g/mol. The molecule has 1 aliphatic heterocycles. The molecule has 2 aromatic rings. The lowest BCUT2D eigenvalue weighted by Gasteiger charge is -2.25. The van der Waals surface area contributed by atoms with E-state index in [4.69, 9.17) is 18.5 Å². The SMILES string of the molecule is CC(C)OC(=O)[C@@H](C)N[P@](=O)(OC[C@H]1O[C@@H](n2ccc(=O)[nH]c2=O)[C@@](C)(F)[C@H]1O)Oc1ccccc1. The summed E-state index contributed by atoms with van der Waals surface area (Å²) in [6.07, 6.45) is -4.21. The number of esters is 1. The molecule has 0 radical (unpaired) electrons. The number of para-hydroxylation sites is 1. The monoisotopic (exact) mass is 529 g/mol. The summed E-state index contributed by atoms with van der Waals surface area (Å²) in [5.74, 6) is -0.560. The van der Waals surface area contributed by atoms with E-state index in [2.05, 4.69) is 5.09 Å². The summed E-state index contributed by atoms with van der Waals surface area (Å²) < 4.78 is 51.4. The number of halogens is 1. The lowest BCUT2D eigenvalue weighted by atomic mass is 9.98. The predicted molar refractivity (Wildman–Crippen MR) is 125 cm³/mol. The summed E-state index contributed by atoms with van der Waals surface area (Å²) >= 11 is 0. The summed E-state index contributed by atoms with van der Waals surface area (Å²) in [6.45, 7) is 5.07. The van der Waals surface area contributed by atoms with Crippen LogP contribution in [0.25, 0.3) is 0 Å². The van der Waals surface area contributed by atoms with Crippen molar-refractivity contribution < 1.29 is 37.4 Å². The van der Waals surface area contributed by atoms with Crippen molar-refractivity contribution in [2.24, 2.45) is 0 Å². The molecule has 0 aliphatic carbocycles. The van der Waals surface area contributed by atoms with Crippen LogP contribution in [0.3, 0.4) is 0 Å². The largest absolute Gasteiger partial charge is 0.462 e. The molecule has 1 saturated heterocycles. The third kappa shape index (κ3) is 6.48. The Balaban J connectivity index is 1.80. The molecule has 198 valence electrons. The Morgan fingerprint density at radius 2 is 1.94 bits per heavy atom. The Labute approximate surface area is 205 Å². The standard InChI is InChI=1S/C22H29FN3O9P/c1-13(2)33-19(29)14(3)25-36(31,35-15-8-6-5-7-9-15)32-12-16-18(28)22(4,23)20(34-16)26-11-10-17(27)24-21(26)30/h5-11,13-14,16,18,20,28H,12H2,1-4H3,(H,25,31)(H,24,27,30)/t14-,16-,18+,20-,22+,36+/m1/s1. The van der Waals surface area contributed by atoms with Crippen molar-refractivity contribution in [3.63, 3.8) is 0 Å². The van der Waals surface area contributed by atoms with Gasteiger partial charge in [0.1, 0.15) is 24.0 Å². The molecule has 6 atom stereocenters. The number of ether oxygens (including phenoxy) is 2. The van der Waals surface area contributed by atoms with Crippen molar-refractivity contribution in [1.82, 2.24) is 14.6 Å². The van der Waals surface area contributed by atoms with Gasteiger partial charge in [-0.2, -0.15) is 5.09 Å². The molecule has 3 N–H and O–H groups in total. The number of aliphatic hydroxyl groups is 1. The zero-order chi connectivity index (χ0) is 26.7. The van der Waals surface area contributed by atoms with Gasteiger partial charge in [0.25, 0.3) is 5.56 Å². The van der Waals surface area contributed by atoms with Gasteiger partial charge in [0.2, 0.25) is 0 Å². The number of aromatic amines is 1. The molecule has 3 rings (SSSR count). The summed E-state index contributed by atoms with van der Waals surface area (Å²) in [6, 6.07) is 7.86. The highest BCUT2D eigenvalue weighted by Crippen LogP contribution is 2.47. The lowest BCUT2D eigenvalue weighted by molar-refractivity contribution is -0.149. The van der Waals surface area contributed by atoms with Gasteiger partial charge in [0.15, 0.2) is 11.9 Å². The minimum absolute atomic E-state index is 0.152. The van der Waals surface area contributed by atoms with Crippen LogP contribution in [0.5, 0.6) is 5.75 Å². The van der Waals surface area contributed by atoms with Crippen LogP contribution in [0.15, 0.2) is 52.2 Å². The summed E-state index contributed by atoms with van der Waals surface area (Å²) in [7, 11) is -4.30. The Bertz CT molecular complexity index is 1220. The number of nitrogens with one attached hydrogen (secondary N) is 2. The van der Waals surface area contributed by atoms with Gasteiger partial charge >= 0.3 is 19.4 Å². The maximum absolute atomic E-state index is 15.4. The third-order valence-electron chi connectivity index (χ3n) is 5.26. The van der Waals surface area contributed by atoms with Crippen LogP contribution < -0.4 is 20.9 Å². The van der Waals surface area contributed by atoms with Gasteiger partial charge in [-0.05, 0) is 39.8 Å². The topological polar surface area (TPSA) is 158 Å². The second-order valence-electron chi connectivity index (χ2n) is 8.67. The first-order valence-electron chi connectivity index (χ1n) is 11.1. The second kappa shape index (κ2) is 11.1. The number of hydrogen-bond acceptors (Lipinski definition) is 9. The molecule has 2 heterocycles.